The van der Waals surface area contributed by atoms with Crippen LogP contribution in [0.4, 0.5) is 0 Å². The Kier molecular flexibility index (Phi) is 1.18. The second-order valence-electron chi connectivity index (χ2n) is 2.25. The number of rotatable bonds is 1. The Labute approximate surface area is 65.5 Å². The van der Waals surface area contributed by atoms with Gasteiger partial charge in [0.05, 0.1) is 7.45 Å². The molecule has 1 nitrogen and oxygen atoms in total. The molecule has 0 saturated carbocycles. The fourth-order valence-electron chi connectivity index (χ4n) is 0.804. The molecule has 0 aliphatic rings. The van der Waals surface area contributed by atoms with Crippen molar-refractivity contribution in [3.63, 3.8) is 0 Å². The molecule has 0 heterocycles. The van der Waals surface area contributed by atoms with Gasteiger partial charge in [-0.25, -0.2) is 0 Å². The molecule has 0 fully saturated rings. The average molecular weight is 139 g/mol. The van der Waals surface area contributed by atoms with Crippen molar-refractivity contribution in [3.8, 4) is 0 Å². The number of hydrogen-bond acceptors (Lipinski definition) is 1. The summed E-state index contributed by atoms with van der Waals surface area (Å²) in [6.45, 7) is 0.233. The van der Waals surface area contributed by atoms with Crippen LogP contribution < -0.4 is 0 Å². The van der Waals surface area contributed by atoms with Crippen molar-refractivity contribution in [2.75, 3.05) is 0 Å². The Hall–Kier alpha value is -0.820. The molecule has 10 heavy (non-hydrogen) atoms. The molecule has 1 heteroatoms. The Morgan fingerprint density at radius 3 is 3.10 bits per heavy atom. The zero-order valence-corrected chi connectivity index (χ0v) is 5.83. The van der Waals surface area contributed by atoms with Crippen LogP contribution in [-0.2, 0) is 0 Å². The molecular weight excluding hydrogens is 124 g/mol. The van der Waals surface area contributed by atoms with Gasteiger partial charge >= 0.3 is 0 Å². The second kappa shape index (κ2) is 2.84. The molecule has 1 atom stereocenters. The highest BCUT2D eigenvalue weighted by Crippen LogP contribution is 2.12. The van der Waals surface area contributed by atoms with Gasteiger partial charge in [0.2, 0.25) is 0 Å². The lowest BCUT2D eigenvalue weighted by molar-refractivity contribution is 0.199. The molecule has 1 rings (SSSR count). The fourth-order valence-corrected chi connectivity index (χ4v) is 0.804. The molecule has 1 aromatic rings. The van der Waals surface area contributed by atoms with Crippen LogP contribution in [0.1, 0.15) is 28.2 Å². The standard InChI is InChI=1S/C9H12O/c1-7-4-3-5-9(6-7)8(2)10/h3-6,8,10H,1-2H3/t8-/m1/s1/i2D2,8D. The molecule has 0 unspecified atom stereocenters. The third-order valence-electron chi connectivity index (χ3n) is 1.31. The molecule has 0 spiro atoms. The monoisotopic (exact) mass is 139 g/mol. The molecular formula is C9H12O. The van der Waals surface area contributed by atoms with Gasteiger partial charge in [0, 0.05) is 2.74 Å². The maximum atomic E-state index is 9.48. The summed E-state index contributed by atoms with van der Waals surface area (Å²) in [6.07, 6.45) is -2.13. The summed E-state index contributed by atoms with van der Waals surface area (Å²) >= 11 is 0. The number of benzene rings is 1. The molecule has 0 bridgehead atoms. The maximum Gasteiger partial charge on any atom is 0.0762 e. The van der Waals surface area contributed by atoms with Gasteiger partial charge in [-0.15, -0.1) is 0 Å². The summed E-state index contributed by atoms with van der Waals surface area (Å²) in [7, 11) is 0. The smallest absolute Gasteiger partial charge is 0.0762 e. The predicted octanol–water partition coefficient (Wildman–Crippen LogP) is 2.05. The van der Waals surface area contributed by atoms with Crippen molar-refractivity contribution in [2.24, 2.45) is 0 Å². The first kappa shape index (κ1) is 4.14. The van der Waals surface area contributed by atoms with Crippen molar-refractivity contribution in [2.45, 2.75) is 19.9 Å². The van der Waals surface area contributed by atoms with E-state index < -0.39 is 13.0 Å². The lowest BCUT2D eigenvalue weighted by Gasteiger charge is -2.03. The second-order valence-corrected chi connectivity index (χ2v) is 2.25. The van der Waals surface area contributed by atoms with Gasteiger partial charge in [0.15, 0.2) is 0 Å². The van der Waals surface area contributed by atoms with E-state index in [2.05, 4.69) is 0 Å². The Morgan fingerprint density at radius 2 is 2.50 bits per heavy atom. The number of aryl methyl sites for hydroxylation is 1. The van der Waals surface area contributed by atoms with E-state index in [0.717, 1.165) is 5.56 Å². The van der Waals surface area contributed by atoms with Gasteiger partial charge in [-0.1, -0.05) is 29.8 Å². The van der Waals surface area contributed by atoms with Gasteiger partial charge < -0.3 is 5.11 Å². The molecule has 0 amide bonds. The first-order chi connectivity index (χ1) is 5.94. The highest BCUT2D eigenvalue weighted by molar-refractivity contribution is 5.23. The summed E-state index contributed by atoms with van der Waals surface area (Å²) in [5, 5.41) is 9.48. The topological polar surface area (TPSA) is 20.2 Å². The van der Waals surface area contributed by atoms with Crippen molar-refractivity contribution in [1.82, 2.24) is 0 Å². The fraction of sp³-hybridized carbons (Fsp3) is 0.333. The number of hydrogen-bond donors (Lipinski definition) is 1. The Morgan fingerprint density at radius 1 is 1.70 bits per heavy atom. The number of aliphatic hydroxyl groups is 1. The minimum Gasteiger partial charge on any atom is -0.389 e. The quantitative estimate of drug-likeness (QED) is 0.631. The first-order valence-corrected chi connectivity index (χ1v) is 3.08. The average Bonchev–Trinajstić information content (AvgIpc) is 2.04. The van der Waals surface area contributed by atoms with Crippen molar-refractivity contribution < 1.29 is 9.22 Å². The third kappa shape index (κ3) is 1.58. The van der Waals surface area contributed by atoms with E-state index in [1.807, 2.05) is 13.0 Å². The summed E-state index contributed by atoms with van der Waals surface area (Å²) in [6, 6.07) is 6.70. The van der Waals surface area contributed by atoms with Crippen molar-refractivity contribution in [3.05, 3.63) is 35.4 Å². The van der Waals surface area contributed by atoms with Crippen LogP contribution >= 0.6 is 0 Å². The SMILES string of the molecule is [2H]C([2H])[C@@]([2H])(O)c1cccc(C)c1. The lowest BCUT2D eigenvalue weighted by atomic mass is 10.1. The molecule has 0 aromatic heterocycles. The first-order valence-electron chi connectivity index (χ1n) is 4.74. The van der Waals surface area contributed by atoms with Gasteiger partial charge in [-0.2, -0.15) is 0 Å². The van der Waals surface area contributed by atoms with Gasteiger partial charge in [0.1, 0.15) is 0 Å². The summed E-state index contributed by atoms with van der Waals surface area (Å²) in [5.41, 5.74) is 1.20. The molecule has 0 aliphatic carbocycles. The molecule has 1 aromatic carbocycles. The van der Waals surface area contributed by atoms with Crippen molar-refractivity contribution >= 4 is 0 Å². The largest absolute Gasteiger partial charge is 0.389 e. The zero-order chi connectivity index (χ0) is 10.1. The highest BCUT2D eigenvalue weighted by Gasteiger charge is 1.97. The Balaban J connectivity index is 3.07. The summed E-state index contributed by atoms with van der Waals surface area (Å²) in [5.74, 6) is 0. The van der Waals surface area contributed by atoms with Crippen LogP contribution in [0.2, 0.25) is 0 Å². The van der Waals surface area contributed by atoms with E-state index in [-0.39, 0.29) is 0 Å². The maximum absolute atomic E-state index is 9.48. The van der Waals surface area contributed by atoms with E-state index in [4.69, 9.17) is 4.11 Å². The van der Waals surface area contributed by atoms with E-state index in [0.29, 0.717) is 5.56 Å². The molecule has 0 saturated heterocycles. The van der Waals surface area contributed by atoms with Crippen LogP contribution in [0.5, 0.6) is 0 Å². The molecule has 0 aliphatic heterocycles. The van der Waals surface area contributed by atoms with E-state index in [1.54, 1.807) is 18.2 Å². The zero-order valence-electron chi connectivity index (χ0n) is 8.83. The predicted molar refractivity (Wildman–Crippen MR) is 41.8 cm³/mol. The lowest BCUT2D eigenvalue weighted by Crippen LogP contribution is -1.89. The van der Waals surface area contributed by atoms with Crippen molar-refractivity contribution in [1.29, 1.82) is 0 Å². The third-order valence-corrected chi connectivity index (χ3v) is 1.31. The molecule has 1 N–H and O–H groups in total. The Bertz CT molecular complexity index is 297. The van der Waals surface area contributed by atoms with Crippen LogP contribution in [0.3, 0.4) is 0 Å². The normalized spacial score (nSPS) is 20.9. The van der Waals surface area contributed by atoms with Crippen LogP contribution in [-0.4, -0.2) is 5.11 Å². The van der Waals surface area contributed by atoms with Gasteiger partial charge in [0.25, 0.3) is 0 Å². The van der Waals surface area contributed by atoms with Gasteiger partial charge in [-0.3, -0.25) is 0 Å². The van der Waals surface area contributed by atoms with Crippen LogP contribution in [0.25, 0.3) is 0 Å². The van der Waals surface area contributed by atoms with E-state index >= 15 is 0 Å². The highest BCUT2D eigenvalue weighted by atomic mass is 16.3. The van der Waals surface area contributed by atoms with E-state index in [9.17, 15) is 5.11 Å². The summed E-state index contributed by atoms with van der Waals surface area (Å²) in [4.78, 5) is 0. The van der Waals surface area contributed by atoms with E-state index in [1.165, 1.54) is 0 Å². The molecule has 0 radical (unpaired) electrons. The summed E-state index contributed by atoms with van der Waals surface area (Å²) < 4.78 is 21.4. The minimum atomic E-state index is -2.13. The minimum absolute atomic E-state index is 0.294. The molecule has 54 valence electrons. The van der Waals surface area contributed by atoms with Crippen LogP contribution in [0, 0.1) is 6.92 Å². The van der Waals surface area contributed by atoms with Gasteiger partial charge in [-0.05, 0) is 19.4 Å². The van der Waals surface area contributed by atoms with Crippen LogP contribution in [0.15, 0.2) is 24.3 Å².